The molecule has 1 fully saturated rings. The quantitative estimate of drug-likeness (QED) is 0.452. The van der Waals surface area contributed by atoms with Gasteiger partial charge in [-0.15, -0.1) is 0 Å². The van der Waals surface area contributed by atoms with E-state index in [0.717, 1.165) is 6.42 Å². The number of rotatable bonds is 0. The smallest absolute Gasteiger partial charge is 0.169 e. The van der Waals surface area contributed by atoms with Crippen LogP contribution in [-0.2, 0) is 4.79 Å². The molecule has 10 heavy (non-hydrogen) atoms. The van der Waals surface area contributed by atoms with E-state index >= 15 is 0 Å². The van der Waals surface area contributed by atoms with Crippen molar-refractivity contribution in [1.82, 2.24) is 0 Å². The van der Waals surface area contributed by atoms with Crippen LogP contribution >= 0.6 is 27.5 Å². The third kappa shape index (κ3) is 0.615. The first kappa shape index (κ1) is 6.86. The van der Waals surface area contributed by atoms with Crippen LogP contribution in [0.3, 0.4) is 0 Å². The Morgan fingerprint density at radius 3 is 3.10 bits per heavy atom. The van der Waals surface area contributed by atoms with Gasteiger partial charge in [0.25, 0.3) is 0 Å². The predicted octanol–water partition coefficient (Wildman–Crippen LogP) is 2.09. The minimum atomic E-state index is -0.759. The van der Waals surface area contributed by atoms with Gasteiger partial charge in [0.05, 0.1) is 0 Å². The standard InChI is InChI=1S/C7H6BrClO/c8-7(9)5-3-1-2-4(5)6(7)10/h1,3-5H,2H2. The monoisotopic (exact) mass is 220 g/mol. The summed E-state index contributed by atoms with van der Waals surface area (Å²) in [5, 5.41) is 0. The summed E-state index contributed by atoms with van der Waals surface area (Å²) in [6.45, 7) is 0. The molecule has 0 aromatic rings. The minimum Gasteiger partial charge on any atom is -0.296 e. The molecule has 54 valence electrons. The third-order valence-electron chi connectivity index (χ3n) is 2.25. The number of Topliss-reactive ketones (excluding diaryl/α,β-unsaturated/α-hetero) is 1. The number of halogens is 2. The van der Waals surface area contributed by atoms with Gasteiger partial charge in [0, 0.05) is 11.8 Å². The van der Waals surface area contributed by atoms with Gasteiger partial charge in [-0.2, -0.15) is 0 Å². The molecule has 3 atom stereocenters. The van der Waals surface area contributed by atoms with Gasteiger partial charge in [-0.05, 0) is 6.42 Å². The Labute approximate surface area is 72.6 Å². The van der Waals surface area contributed by atoms with Crippen molar-refractivity contribution in [2.75, 3.05) is 0 Å². The molecule has 0 radical (unpaired) electrons. The van der Waals surface area contributed by atoms with Crippen molar-refractivity contribution >= 4 is 33.3 Å². The highest BCUT2D eigenvalue weighted by Crippen LogP contribution is 2.54. The topological polar surface area (TPSA) is 17.1 Å². The van der Waals surface area contributed by atoms with Crippen LogP contribution in [0, 0.1) is 11.8 Å². The second-order valence-corrected chi connectivity index (χ2v) is 5.09. The molecule has 1 nitrogen and oxygen atoms in total. The molecule has 2 aliphatic rings. The summed E-state index contributed by atoms with van der Waals surface area (Å²) < 4.78 is -0.759. The summed E-state index contributed by atoms with van der Waals surface area (Å²) in [4.78, 5) is 11.1. The Balaban J connectivity index is 2.29. The van der Waals surface area contributed by atoms with Crippen molar-refractivity contribution in [3.05, 3.63) is 12.2 Å². The van der Waals surface area contributed by atoms with Gasteiger partial charge < -0.3 is 0 Å². The van der Waals surface area contributed by atoms with E-state index in [1.807, 2.05) is 12.2 Å². The molecule has 2 rings (SSSR count). The number of carbonyl (C=O) groups is 1. The molecule has 1 saturated carbocycles. The molecule has 0 N–H and O–H groups in total. The van der Waals surface area contributed by atoms with Gasteiger partial charge in [0.15, 0.2) is 9.57 Å². The van der Waals surface area contributed by atoms with Crippen LogP contribution in [0.5, 0.6) is 0 Å². The summed E-state index contributed by atoms with van der Waals surface area (Å²) in [7, 11) is 0. The fraction of sp³-hybridized carbons (Fsp3) is 0.571. The molecule has 0 heterocycles. The van der Waals surface area contributed by atoms with Crippen molar-refractivity contribution in [3.63, 3.8) is 0 Å². The van der Waals surface area contributed by atoms with Crippen LogP contribution in [0.2, 0.25) is 0 Å². The van der Waals surface area contributed by atoms with Crippen LogP contribution < -0.4 is 0 Å². The second-order valence-electron chi connectivity index (χ2n) is 2.78. The molecule has 3 heteroatoms. The molecule has 0 amide bonds. The second kappa shape index (κ2) is 1.86. The van der Waals surface area contributed by atoms with Crippen LogP contribution in [0.25, 0.3) is 0 Å². The number of hydrogen-bond acceptors (Lipinski definition) is 1. The van der Waals surface area contributed by atoms with E-state index in [2.05, 4.69) is 15.9 Å². The molecule has 0 aliphatic heterocycles. The van der Waals surface area contributed by atoms with E-state index in [9.17, 15) is 4.79 Å². The van der Waals surface area contributed by atoms with Gasteiger partial charge in [-0.25, -0.2) is 0 Å². The summed E-state index contributed by atoms with van der Waals surface area (Å²) >= 11 is 9.07. The molecule has 3 unspecified atom stereocenters. The van der Waals surface area contributed by atoms with Crippen molar-refractivity contribution in [2.24, 2.45) is 11.8 Å². The largest absolute Gasteiger partial charge is 0.296 e. The van der Waals surface area contributed by atoms with Gasteiger partial charge >= 0.3 is 0 Å². The minimum absolute atomic E-state index is 0.143. The molecule has 0 aromatic heterocycles. The summed E-state index contributed by atoms with van der Waals surface area (Å²) in [5.41, 5.74) is 0. The Kier molecular flexibility index (Phi) is 1.28. The number of ketones is 1. The highest BCUT2D eigenvalue weighted by atomic mass is 79.9. The molecule has 2 aliphatic carbocycles. The Morgan fingerprint density at radius 2 is 2.50 bits per heavy atom. The molecule has 0 bridgehead atoms. The van der Waals surface area contributed by atoms with Crippen molar-refractivity contribution in [2.45, 2.75) is 10.2 Å². The van der Waals surface area contributed by atoms with Gasteiger partial charge in [0.2, 0.25) is 0 Å². The van der Waals surface area contributed by atoms with E-state index in [4.69, 9.17) is 11.6 Å². The lowest BCUT2D eigenvalue weighted by Gasteiger charge is -2.41. The molecule has 0 aromatic carbocycles. The lowest BCUT2D eigenvalue weighted by Crippen LogP contribution is -2.53. The zero-order valence-corrected chi connectivity index (χ0v) is 7.52. The molecular weight excluding hydrogens is 215 g/mol. The molecule has 0 saturated heterocycles. The first-order valence-electron chi connectivity index (χ1n) is 3.23. The normalized spacial score (nSPS) is 50.8. The lowest BCUT2D eigenvalue weighted by atomic mass is 9.74. The maximum atomic E-state index is 11.1. The fourth-order valence-corrected chi connectivity index (χ4v) is 2.74. The SMILES string of the molecule is O=C1C2CC=CC2C1(Cl)Br. The first-order valence-corrected chi connectivity index (χ1v) is 4.40. The van der Waals surface area contributed by atoms with Crippen LogP contribution in [0.15, 0.2) is 12.2 Å². The third-order valence-corrected chi connectivity index (χ3v) is 3.61. The average Bonchev–Trinajstić information content (AvgIpc) is 2.31. The predicted molar refractivity (Wildman–Crippen MR) is 43.3 cm³/mol. The molecular formula is C7H6BrClO. The van der Waals surface area contributed by atoms with Crippen LogP contribution in [0.1, 0.15) is 6.42 Å². The van der Waals surface area contributed by atoms with E-state index in [-0.39, 0.29) is 17.6 Å². The Morgan fingerprint density at radius 1 is 1.80 bits per heavy atom. The lowest BCUT2D eigenvalue weighted by molar-refractivity contribution is -0.132. The fourth-order valence-electron chi connectivity index (χ4n) is 1.61. The van der Waals surface area contributed by atoms with Gasteiger partial charge in [0.1, 0.15) is 0 Å². The van der Waals surface area contributed by atoms with E-state index < -0.39 is 3.78 Å². The first-order chi connectivity index (χ1) is 4.64. The zero-order valence-electron chi connectivity index (χ0n) is 5.18. The highest BCUT2D eigenvalue weighted by molar-refractivity contribution is 9.10. The van der Waals surface area contributed by atoms with Crippen LogP contribution in [-0.4, -0.2) is 9.57 Å². The summed E-state index contributed by atoms with van der Waals surface area (Å²) in [5.74, 6) is 0.558. The average molecular weight is 221 g/mol. The van der Waals surface area contributed by atoms with E-state index in [1.165, 1.54) is 0 Å². The van der Waals surface area contributed by atoms with Gasteiger partial charge in [-0.3, -0.25) is 4.79 Å². The highest BCUT2D eigenvalue weighted by Gasteiger charge is 2.59. The Hall–Kier alpha value is 0.180. The summed E-state index contributed by atoms with van der Waals surface area (Å²) in [6, 6.07) is 0. The van der Waals surface area contributed by atoms with Crippen LogP contribution in [0.4, 0.5) is 0 Å². The number of allylic oxidation sites excluding steroid dienone is 2. The number of carbonyl (C=O) groups excluding carboxylic acids is 1. The molecule has 0 spiro atoms. The maximum absolute atomic E-state index is 11.1. The van der Waals surface area contributed by atoms with Crippen molar-refractivity contribution in [3.8, 4) is 0 Å². The maximum Gasteiger partial charge on any atom is 0.169 e. The Bertz CT molecular complexity index is 222. The number of fused-ring (bicyclic) bond motifs is 1. The van der Waals surface area contributed by atoms with Crippen molar-refractivity contribution < 1.29 is 4.79 Å². The van der Waals surface area contributed by atoms with Gasteiger partial charge in [-0.1, -0.05) is 39.7 Å². The number of hydrogen-bond donors (Lipinski definition) is 0. The van der Waals surface area contributed by atoms with E-state index in [1.54, 1.807) is 0 Å². The summed E-state index contributed by atoms with van der Waals surface area (Å²) in [6.07, 6.45) is 4.93. The van der Waals surface area contributed by atoms with E-state index in [0.29, 0.717) is 0 Å². The van der Waals surface area contributed by atoms with Crippen molar-refractivity contribution in [1.29, 1.82) is 0 Å². The number of alkyl halides is 2. The zero-order chi connectivity index (χ0) is 7.35.